The second kappa shape index (κ2) is 11.8. The van der Waals surface area contributed by atoms with E-state index in [-0.39, 0.29) is 18.0 Å². The molecule has 0 spiro atoms. The quantitative estimate of drug-likeness (QED) is 0.414. The van der Waals surface area contributed by atoms with Crippen LogP contribution in [0.3, 0.4) is 0 Å². The van der Waals surface area contributed by atoms with Crippen LogP contribution in [0, 0.1) is 0 Å². The third-order valence-electron chi connectivity index (χ3n) is 5.88. The molecule has 1 saturated heterocycles. The van der Waals surface area contributed by atoms with Gasteiger partial charge in [-0.15, -0.1) is 0 Å². The maximum absolute atomic E-state index is 13.2. The van der Waals surface area contributed by atoms with E-state index in [1.165, 1.54) is 0 Å². The van der Waals surface area contributed by atoms with Crippen molar-refractivity contribution in [1.29, 1.82) is 0 Å². The summed E-state index contributed by atoms with van der Waals surface area (Å²) in [5, 5.41) is 0. The van der Waals surface area contributed by atoms with Crippen LogP contribution in [0.5, 0.6) is 11.5 Å². The average Bonchev–Trinajstić information content (AvgIpc) is 3.65. The number of cyclic esters (lactones) is 1. The number of ether oxygens (including phenoxy) is 4. The van der Waals surface area contributed by atoms with Gasteiger partial charge in [-0.25, -0.2) is 4.79 Å². The molecule has 34 heavy (non-hydrogen) atoms. The minimum absolute atomic E-state index is 0.0473. The lowest BCUT2D eigenvalue weighted by Crippen LogP contribution is -2.18. The molecule has 0 unspecified atom stereocenters. The summed E-state index contributed by atoms with van der Waals surface area (Å²) in [5.41, 5.74) is 2.12. The van der Waals surface area contributed by atoms with E-state index in [4.69, 9.17) is 18.9 Å². The van der Waals surface area contributed by atoms with Crippen LogP contribution in [0.2, 0.25) is 0 Å². The SMILES string of the molecule is C[C@@H]1CCCC(=O)CCCC=Cc2cc(OCc3ccccc3)cc(OC[C@H]3CO3)c2C(=O)O1. The van der Waals surface area contributed by atoms with E-state index >= 15 is 0 Å². The number of benzene rings is 2. The average molecular weight is 465 g/mol. The Morgan fingerprint density at radius 1 is 1.03 bits per heavy atom. The first-order valence-electron chi connectivity index (χ1n) is 12.1. The molecule has 0 saturated carbocycles. The molecule has 2 aromatic carbocycles. The Labute approximate surface area is 200 Å². The van der Waals surface area contributed by atoms with Gasteiger partial charge in [-0.3, -0.25) is 4.79 Å². The number of esters is 1. The summed E-state index contributed by atoms with van der Waals surface area (Å²) < 4.78 is 23.1. The van der Waals surface area contributed by atoms with E-state index in [9.17, 15) is 9.59 Å². The van der Waals surface area contributed by atoms with E-state index < -0.39 is 5.97 Å². The first kappa shape index (κ1) is 24.0. The molecule has 0 N–H and O–H groups in total. The van der Waals surface area contributed by atoms with Crippen LogP contribution in [0.25, 0.3) is 6.08 Å². The van der Waals surface area contributed by atoms with Crippen LogP contribution in [0.1, 0.15) is 66.9 Å². The van der Waals surface area contributed by atoms with Crippen molar-refractivity contribution >= 4 is 17.8 Å². The normalized spacial score (nSPS) is 21.2. The van der Waals surface area contributed by atoms with E-state index in [0.717, 1.165) is 18.4 Å². The first-order chi connectivity index (χ1) is 16.6. The zero-order valence-electron chi connectivity index (χ0n) is 19.7. The predicted octanol–water partition coefficient (Wildman–Crippen LogP) is 5.53. The lowest BCUT2D eigenvalue weighted by molar-refractivity contribution is -0.119. The Hall–Kier alpha value is -3.12. The minimum atomic E-state index is -0.433. The zero-order valence-corrected chi connectivity index (χ0v) is 19.7. The summed E-state index contributed by atoms with van der Waals surface area (Å²) in [6.45, 7) is 3.29. The number of epoxide rings is 1. The van der Waals surface area contributed by atoms with Gasteiger partial charge in [-0.2, -0.15) is 0 Å². The number of allylic oxidation sites excluding steroid dienone is 1. The highest BCUT2D eigenvalue weighted by Gasteiger charge is 2.27. The summed E-state index contributed by atoms with van der Waals surface area (Å²) in [4.78, 5) is 25.3. The number of ketones is 1. The van der Waals surface area contributed by atoms with Gasteiger partial charge >= 0.3 is 5.97 Å². The third-order valence-corrected chi connectivity index (χ3v) is 5.88. The lowest BCUT2D eigenvalue weighted by Gasteiger charge is -2.19. The number of fused-ring (bicyclic) bond motifs is 1. The Kier molecular flexibility index (Phi) is 8.36. The maximum atomic E-state index is 13.2. The summed E-state index contributed by atoms with van der Waals surface area (Å²) in [6, 6.07) is 13.5. The van der Waals surface area contributed by atoms with Crippen molar-refractivity contribution < 1.29 is 28.5 Å². The highest BCUT2D eigenvalue weighted by Crippen LogP contribution is 2.33. The van der Waals surface area contributed by atoms with Crippen LogP contribution in [0.15, 0.2) is 48.5 Å². The molecule has 0 aliphatic carbocycles. The number of hydrogen-bond donors (Lipinski definition) is 0. The zero-order chi connectivity index (χ0) is 23.8. The fraction of sp³-hybridized carbons (Fsp3) is 0.429. The molecule has 2 aromatic rings. The smallest absolute Gasteiger partial charge is 0.342 e. The highest BCUT2D eigenvalue weighted by molar-refractivity contribution is 5.97. The monoisotopic (exact) mass is 464 g/mol. The van der Waals surface area contributed by atoms with Crippen LogP contribution in [-0.2, 0) is 20.9 Å². The van der Waals surface area contributed by atoms with Crippen molar-refractivity contribution in [2.24, 2.45) is 0 Å². The molecule has 2 aliphatic heterocycles. The van der Waals surface area contributed by atoms with Crippen LogP contribution in [-0.4, -0.2) is 37.2 Å². The largest absolute Gasteiger partial charge is 0.490 e. The van der Waals surface area contributed by atoms with Crippen molar-refractivity contribution in [2.45, 2.75) is 64.3 Å². The molecular formula is C28H32O6. The van der Waals surface area contributed by atoms with Crippen LogP contribution >= 0.6 is 0 Å². The van der Waals surface area contributed by atoms with E-state index in [1.807, 2.05) is 55.5 Å². The number of carbonyl (C=O) groups is 2. The molecule has 6 heteroatoms. The van der Waals surface area contributed by atoms with Gasteiger partial charge in [-0.1, -0.05) is 42.5 Å². The van der Waals surface area contributed by atoms with Gasteiger partial charge in [0.2, 0.25) is 0 Å². The van der Waals surface area contributed by atoms with Gasteiger partial charge in [0.15, 0.2) is 0 Å². The van der Waals surface area contributed by atoms with Crippen molar-refractivity contribution in [1.82, 2.24) is 0 Å². The Morgan fingerprint density at radius 3 is 2.62 bits per heavy atom. The summed E-state index contributed by atoms with van der Waals surface area (Å²) in [7, 11) is 0. The summed E-state index contributed by atoms with van der Waals surface area (Å²) in [5.74, 6) is 0.868. The second-order valence-electron chi connectivity index (χ2n) is 8.87. The van der Waals surface area contributed by atoms with Crippen molar-refractivity contribution in [3.63, 3.8) is 0 Å². The van der Waals surface area contributed by atoms with Gasteiger partial charge in [0.1, 0.15) is 42.2 Å². The lowest BCUT2D eigenvalue weighted by atomic mass is 10.0. The Bertz CT molecular complexity index is 1010. The number of carbonyl (C=O) groups excluding carboxylic acids is 2. The van der Waals surface area contributed by atoms with Crippen LogP contribution in [0.4, 0.5) is 0 Å². The van der Waals surface area contributed by atoms with E-state index in [1.54, 1.807) is 6.07 Å². The molecule has 2 heterocycles. The minimum Gasteiger partial charge on any atom is -0.490 e. The second-order valence-corrected chi connectivity index (χ2v) is 8.87. The third kappa shape index (κ3) is 7.19. The fourth-order valence-electron chi connectivity index (χ4n) is 3.89. The van der Waals surface area contributed by atoms with Gasteiger partial charge in [0.25, 0.3) is 0 Å². The number of Topliss-reactive ketones (excluding diaryl/α,β-unsaturated/α-hetero) is 1. The molecular weight excluding hydrogens is 432 g/mol. The molecule has 4 rings (SSSR count). The Balaban J connectivity index is 1.64. The Morgan fingerprint density at radius 2 is 1.82 bits per heavy atom. The van der Waals surface area contributed by atoms with Crippen molar-refractivity contribution in [3.8, 4) is 11.5 Å². The topological polar surface area (TPSA) is 74.4 Å². The van der Waals surface area contributed by atoms with Gasteiger partial charge in [0, 0.05) is 18.9 Å². The van der Waals surface area contributed by atoms with E-state index in [0.29, 0.717) is 68.1 Å². The van der Waals surface area contributed by atoms with Gasteiger partial charge in [-0.05, 0) is 49.8 Å². The molecule has 0 radical (unpaired) electrons. The number of hydrogen-bond acceptors (Lipinski definition) is 6. The molecule has 2 atom stereocenters. The first-order valence-corrected chi connectivity index (χ1v) is 12.1. The molecule has 1 fully saturated rings. The van der Waals surface area contributed by atoms with E-state index in [2.05, 4.69) is 0 Å². The van der Waals surface area contributed by atoms with Crippen LogP contribution < -0.4 is 9.47 Å². The van der Waals surface area contributed by atoms with Gasteiger partial charge in [0.05, 0.1) is 12.7 Å². The van der Waals surface area contributed by atoms with Gasteiger partial charge < -0.3 is 18.9 Å². The molecule has 0 bridgehead atoms. The highest BCUT2D eigenvalue weighted by atomic mass is 16.6. The molecule has 6 nitrogen and oxygen atoms in total. The molecule has 0 aromatic heterocycles. The van der Waals surface area contributed by atoms with Crippen molar-refractivity contribution in [3.05, 3.63) is 65.2 Å². The standard InChI is InChI=1S/C28H32O6/c1-20-9-8-14-23(29)13-7-3-6-12-22-15-24(31-17-21-10-4-2-5-11-21)16-26(27(22)28(30)34-20)33-19-25-18-32-25/h2,4-6,10-12,15-16,20,25H,3,7-9,13-14,17-19H2,1H3/t20-,25-/m1/s1. The summed E-state index contributed by atoms with van der Waals surface area (Å²) >= 11 is 0. The maximum Gasteiger partial charge on any atom is 0.342 e. The molecule has 180 valence electrons. The number of rotatable bonds is 6. The molecule has 0 amide bonds. The summed E-state index contributed by atoms with van der Waals surface area (Å²) in [6.07, 6.45) is 7.63. The molecule has 2 aliphatic rings. The van der Waals surface area contributed by atoms with Crippen molar-refractivity contribution in [2.75, 3.05) is 13.2 Å². The predicted molar refractivity (Wildman–Crippen MR) is 129 cm³/mol. The fourth-order valence-corrected chi connectivity index (χ4v) is 3.89.